The number of nitrogens with zero attached hydrogens (tertiary/aromatic N) is 3. The third kappa shape index (κ3) is 2.28. The quantitative estimate of drug-likeness (QED) is 0.636. The SMILES string of the molecule is Cc1ccnc(N2CC(C)NCC2C)c1[N+](=O)[O-]. The average Bonchev–Trinajstić information content (AvgIpc) is 2.31. The van der Waals surface area contributed by atoms with Crippen molar-refractivity contribution >= 4 is 11.5 Å². The Morgan fingerprint density at radius 3 is 2.94 bits per heavy atom. The second-order valence-corrected chi connectivity index (χ2v) is 4.87. The van der Waals surface area contributed by atoms with E-state index < -0.39 is 0 Å². The van der Waals surface area contributed by atoms with E-state index in [9.17, 15) is 10.1 Å². The van der Waals surface area contributed by atoms with Gasteiger partial charge in [-0.1, -0.05) is 0 Å². The summed E-state index contributed by atoms with van der Waals surface area (Å²) >= 11 is 0. The summed E-state index contributed by atoms with van der Waals surface area (Å²) in [5.74, 6) is 0.487. The van der Waals surface area contributed by atoms with Crippen LogP contribution in [0.5, 0.6) is 0 Å². The number of nitro groups is 1. The number of anilines is 1. The first kappa shape index (κ1) is 12.8. The van der Waals surface area contributed by atoms with Gasteiger partial charge in [-0.05, 0) is 26.8 Å². The van der Waals surface area contributed by atoms with E-state index in [1.54, 1.807) is 19.2 Å². The standard InChI is InChI=1S/C12H18N4O2/c1-8-4-5-13-12(11(8)16(17)18)15-7-9(2)14-6-10(15)3/h4-5,9-10,14H,6-7H2,1-3H3. The molecule has 1 saturated heterocycles. The maximum Gasteiger partial charge on any atom is 0.314 e. The molecule has 1 N–H and O–H groups in total. The molecule has 1 fully saturated rings. The number of nitrogens with one attached hydrogen (secondary N) is 1. The lowest BCUT2D eigenvalue weighted by molar-refractivity contribution is -0.384. The van der Waals surface area contributed by atoms with Gasteiger partial charge in [-0.2, -0.15) is 0 Å². The highest BCUT2D eigenvalue weighted by Crippen LogP contribution is 2.30. The molecule has 1 aromatic heterocycles. The maximum absolute atomic E-state index is 11.2. The molecular formula is C12H18N4O2. The zero-order valence-electron chi connectivity index (χ0n) is 10.9. The van der Waals surface area contributed by atoms with Gasteiger partial charge in [0.05, 0.1) is 4.92 Å². The largest absolute Gasteiger partial charge is 0.345 e. The first-order chi connectivity index (χ1) is 8.50. The smallest absolute Gasteiger partial charge is 0.314 e. The number of rotatable bonds is 2. The number of aryl methyl sites for hydroxylation is 1. The first-order valence-corrected chi connectivity index (χ1v) is 6.10. The van der Waals surface area contributed by atoms with E-state index in [4.69, 9.17) is 0 Å². The second kappa shape index (κ2) is 4.89. The minimum absolute atomic E-state index is 0.124. The van der Waals surface area contributed by atoms with E-state index in [-0.39, 0.29) is 16.7 Å². The summed E-state index contributed by atoms with van der Waals surface area (Å²) in [7, 11) is 0. The van der Waals surface area contributed by atoms with Crippen molar-refractivity contribution in [3.05, 3.63) is 27.9 Å². The van der Waals surface area contributed by atoms with Gasteiger partial charge >= 0.3 is 5.69 Å². The summed E-state index contributed by atoms with van der Waals surface area (Å²) in [6.07, 6.45) is 1.64. The van der Waals surface area contributed by atoms with Gasteiger partial charge in [0.15, 0.2) is 0 Å². The molecule has 6 nitrogen and oxygen atoms in total. The van der Waals surface area contributed by atoms with Crippen LogP contribution in [0.4, 0.5) is 11.5 Å². The number of aromatic nitrogens is 1. The van der Waals surface area contributed by atoms with Crippen LogP contribution in [0, 0.1) is 17.0 Å². The second-order valence-electron chi connectivity index (χ2n) is 4.87. The number of hydrogen-bond acceptors (Lipinski definition) is 5. The molecule has 98 valence electrons. The van der Waals surface area contributed by atoms with Crippen molar-refractivity contribution in [3.63, 3.8) is 0 Å². The van der Waals surface area contributed by atoms with Gasteiger partial charge in [-0.15, -0.1) is 0 Å². The molecule has 1 aliphatic heterocycles. The summed E-state index contributed by atoms with van der Waals surface area (Å²) in [5.41, 5.74) is 0.779. The molecule has 0 aromatic carbocycles. The Hall–Kier alpha value is -1.69. The van der Waals surface area contributed by atoms with Crippen LogP contribution >= 0.6 is 0 Å². The predicted molar refractivity (Wildman–Crippen MR) is 69.9 cm³/mol. The van der Waals surface area contributed by atoms with E-state index in [0.717, 1.165) is 13.1 Å². The van der Waals surface area contributed by atoms with Crippen LogP contribution in [0.15, 0.2) is 12.3 Å². The lowest BCUT2D eigenvalue weighted by atomic mass is 10.1. The van der Waals surface area contributed by atoms with E-state index in [0.29, 0.717) is 17.4 Å². The van der Waals surface area contributed by atoms with Gasteiger partial charge in [0.25, 0.3) is 0 Å². The van der Waals surface area contributed by atoms with Crippen LogP contribution in [0.2, 0.25) is 0 Å². The molecule has 0 amide bonds. The molecule has 0 saturated carbocycles. The van der Waals surface area contributed by atoms with Crippen LogP contribution in [-0.4, -0.2) is 35.1 Å². The van der Waals surface area contributed by atoms with E-state index >= 15 is 0 Å². The molecular weight excluding hydrogens is 232 g/mol. The average molecular weight is 250 g/mol. The summed E-state index contributed by atoms with van der Waals surface area (Å²) < 4.78 is 0. The number of piperazine rings is 1. The van der Waals surface area contributed by atoms with Crippen molar-refractivity contribution in [1.82, 2.24) is 10.3 Å². The van der Waals surface area contributed by atoms with E-state index in [1.165, 1.54) is 0 Å². The molecule has 18 heavy (non-hydrogen) atoms. The molecule has 2 rings (SSSR count). The molecule has 0 radical (unpaired) electrons. The minimum atomic E-state index is -0.336. The Balaban J connectivity index is 2.43. The fourth-order valence-corrected chi connectivity index (χ4v) is 2.29. The molecule has 0 bridgehead atoms. The van der Waals surface area contributed by atoms with Crippen LogP contribution < -0.4 is 10.2 Å². The highest BCUT2D eigenvalue weighted by Gasteiger charge is 2.30. The van der Waals surface area contributed by atoms with Gasteiger partial charge < -0.3 is 10.2 Å². The van der Waals surface area contributed by atoms with Gasteiger partial charge in [-0.3, -0.25) is 10.1 Å². The zero-order valence-corrected chi connectivity index (χ0v) is 10.9. The van der Waals surface area contributed by atoms with Crippen molar-refractivity contribution in [1.29, 1.82) is 0 Å². The van der Waals surface area contributed by atoms with Crippen molar-refractivity contribution in [2.75, 3.05) is 18.0 Å². The summed E-state index contributed by atoms with van der Waals surface area (Å²) in [4.78, 5) is 17.1. The third-order valence-corrected chi connectivity index (χ3v) is 3.33. The molecule has 2 heterocycles. The van der Waals surface area contributed by atoms with Gasteiger partial charge in [0, 0.05) is 36.9 Å². The number of hydrogen-bond donors (Lipinski definition) is 1. The van der Waals surface area contributed by atoms with Gasteiger partial charge in [0.1, 0.15) is 0 Å². The van der Waals surface area contributed by atoms with Crippen molar-refractivity contribution < 1.29 is 4.92 Å². The van der Waals surface area contributed by atoms with Gasteiger partial charge in [-0.25, -0.2) is 4.98 Å². The predicted octanol–water partition coefficient (Wildman–Crippen LogP) is 1.48. The molecule has 0 aliphatic carbocycles. The third-order valence-electron chi connectivity index (χ3n) is 3.33. The van der Waals surface area contributed by atoms with Crippen LogP contribution in [0.3, 0.4) is 0 Å². The molecule has 1 aromatic rings. The molecule has 2 atom stereocenters. The number of pyridine rings is 1. The molecule has 1 aliphatic rings. The first-order valence-electron chi connectivity index (χ1n) is 6.10. The highest BCUT2D eigenvalue weighted by molar-refractivity contribution is 5.62. The molecule has 6 heteroatoms. The Labute approximate surface area is 106 Å². The van der Waals surface area contributed by atoms with Crippen molar-refractivity contribution in [3.8, 4) is 0 Å². The van der Waals surface area contributed by atoms with E-state index in [1.807, 2.05) is 11.8 Å². The fraction of sp³-hybridized carbons (Fsp3) is 0.583. The Bertz CT molecular complexity index is 463. The Morgan fingerprint density at radius 1 is 1.56 bits per heavy atom. The minimum Gasteiger partial charge on any atom is -0.345 e. The van der Waals surface area contributed by atoms with E-state index in [2.05, 4.69) is 17.2 Å². The summed E-state index contributed by atoms with van der Waals surface area (Å²) in [6.45, 7) is 7.42. The summed E-state index contributed by atoms with van der Waals surface area (Å²) in [6, 6.07) is 2.19. The Kier molecular flexibility index (Phi) is 3.47. The van der Waals surface area contributed by atoms with Crippen molar-refractivity contribution in [2.24, 2.45) is 0 Å². The lowest BCUT2D eigenvalue weighted by Crippen LogP contribution is -2.54. The zero-order chi connectivity index (χ0) is 13.3. The summed E-state index contributed by atoms with van der Waals surface area (Å²) in [5, 5.41) is 14.6. The molecule has 2 unspecified atom stereocenters. The Morgan fingerprint density at radius 2 is 2.28 bits per heavy atom. The van der Waals surface area contributed by atoms with Crippen LogP contribution in [0.25, 0.3) is 0 Å². The van der Waals surface area contributed by atoms with Gasteiger partial charge in [0.2, 0.25) is 5.82 Å². The monoisotopic (exact) mass is 250 g/mol. The normalized spacial score (nSPS) is 24.1. The van der Waals surface area contributed by atoms with Crippen molar-refractivity contribution in [2.45, 2.75) is 32.9 Å². The van der Waals surface area contributed by atoms with Crippen LogP contribution in [-0.2, 0) is 0 Å². The fourth-order valence-electron chi connectivity index (χ4n) is 2.29. The topological polar surface area (TPSA) is 71.3 Å². The highest BCUT2D eigenvalue weighted by atomic mass is 16.6. The molecule has 0 spiro atoms. The maximum atomic E-state index is 11.2. The van der Waals surface area contributed by atoms with Crippen LogP contribution in [0.1, 0.15) is 19.4 Å². The lowest BCUT2D eigenvalue weighted by Gasteiger charge is -2.38.